The number of hydrogen-bond acceptors (Lipinski definition) is 6. The zero-order chi connectivity index (χ0) is 33.5. The van der Waals surface area contributed by atoms with Crippen molar-refractivity contribution in [2.75, 3.05) is 46.3 Å². The minimum absolute atomic E-state index is 0.837. The van der Waals surface area contributed by atoms with Gasteiger partial charge in [-0.05, 0) is 84.8 Å². The Morgan fingerprint density at radius 2 is 0.455 bits per heavy atom. The molecule has 0 atom stereocenters. The van der Waals surface area contributed by atoms with Gasteiger partial charge in [0.1, 0.15) is 0 Å². The molecule has 0 unspecified atom stereocenters. The van der Waals surface area contributed by atoms with E-state index in [9.17, 15) is 0 Å². The van der Waals surface area contributed by atoms with Crippen molar-refractivity contribution in [3.8, 4) is 0 Å². The van der Waals surface area contributed by atoms with Crippen LogP contribution in [-0.4, -0.2) is 46.3 Å². The average molecular weight is 631 g/mol. The Kier molecular flexibility index (Phi) is 67.1. The van der Waals surface area contributed by atoms with Crippen LogP contribution in [-0.2, 0) is 0 Å². The molecule has 44 heavy (non-hydrogen) atoms. The summed E-state index contributed by atoms with van der Waals surface area (Å²) in [6, 6.07) is 0. The zero-order valence-electron chi connectivity index (χ0n) is 31.1. The molecule has 0 heterocycles. The van der Waals surface area contributed by atoms with E-state index in [1.54, 1.807) is 0 Å². The molecule has 0 aromatic heterocycles. The Morgan fingerprint density at radius 1 is 0.273 bits per heavy atom. The van der Waals surface area contributed by atoms with E-state index in [1.807, 2.05) is 7.05 Å². The number of nitrogens with one attached hydrogen (secondary N) is 1. The van der Waals surface area contributed by atoms with Crippen molar-refractivity contribution in [1.82, 2.24) is 5.32 Å². The molecule has 0 bridgehead atoms. The lowest BCUT2D eigenvalue weighted by Crippen LogP contribution is -2.08. The SMILES string of the molecule is CCCCCCCCCCCC.CNCCCCCN.NCCCCCCCCCCCN.NCCCCCCCCCN. The van der Waals surface area contributed by atoms with Gasteiger partial charge >= 0.3 is 0 Å². The summed E-state index contributed by atoms with van der Waals surface area (Å²) in [6.07, 6.45) is 39.1. The summed E-state index contributed by atoms with van der Waals surface area (Å²) >= 11 is 0. The molecule has 272 valence electrons. The van der Waals surface area contributed by atoms with Crippen LogP contribution in [0, 0.1) is 0 Å². The van der Waals surface area contributed by atoms with Gasteiger partial charge in [-0.15, -0.1) is 0 Å². The topological polar surface area (TPSA) is 142 Å². The number of rotatable bonds is 32. The van der Waals surface area contributed by atoms with E-state index in [0.717, 1.165) is 39.3 Å². The van der Waals surface area contributed by atoms with Crippen molar-refractivity contribution < 1.29 is 0 Å². The maximum atomic E-state index is 5.41. The lowest BCUT2D eigenvalue weighted by atomic mass is 10.1. The third-order valence-corrected chi connectivity index (χ3v) is 7.90. The van der Waals surface area contributed by atoms with Crippen LogP contribution in [0.2, 0.25) is 0 Å². The molecule has 0 amide bonds. The second-order valence-corrected chi connectivity index (χ2v) is 12.6. The molecule has 0 fully saturated rings. The zero-order valence-corrected chi connectivity index (χ0v) is 31.1. The third-order valence-electron chi connectivity index (χ3n) is 7.90. The van der Waals surface area contributed by atoms with Gasteiger partial charge in [0.15, 0.2) is 0 Å². The van der Waals surface area contributed by atoms with Crippen LogP contribution < -0.4 is 34.0 Å². The second kappa shape index (κ2) is 58.3. The maximum Gasteiger partial charge on any atom is -0.00519 e. The molecule has 11 N–H and O–H groups in total. The molecule has 6 nitrogen and oxygen atoms in total. The van der Waals surface area contributed by atoms with Gasteiger partial charge in [-0.1, -0.05) is 162 Å². The van der Waals surface area contributed by atoms with Crippen molar-refractivity contribution in [1.29, 1.82) is 0 Å². The average Bonchev–Trinajstić information content (AvgIpc) is 3.04. The normalized spacial score (nSPS) is 10.4. The van der Waals surface area contributed by atoms with E-state index >= 15 is 0 Å². The first kappa shape index (κ1) is 50.6. The van der Waals surface area contributed by atoms with Gasteiger partial charge in [0, 0.05) is 0 Å². The number of unbranched alkanes of at least 4 members (excludes halogenated alkanes) is 25. The third kappa shape index (κ3) is 68.8. The minimum atomic E-state index is 0.837. The molecule has 0 aliphatic rings. The summed E-state index contributed by atoms with van der Waals surface area (Å²) in [5.74, 6) is 0. The van der Waals surface area contributed by atoms with E-state index in [-0.39, 0.29) is 0 Å². The van der Waals surface area contributed by atoms with Crippen molar-refractivity contribution in [3.05, 3.63) is 0 Å². The molecular formula is C38H90N6. The highest BCUT2D eigenvalue weighted by Crippen LogP contribution is 2.10. The van der Waals surface area contributed by atoms with Gasteiger partial charge in [0.2, 0.25) is 0 Å². The molecule has 0 saturated carbocycles. The Balaban J connectivity index is -0.000000246. The van der Waals surface area contributed by atoms with Crippen molar-refractivity contribution in [2.45, 2.75) is 200 Å². The van der Waals surface area contributed by atoms with Gasteiger partial charge in [0.25, 0.3) is 0 Å². The summed E-state index contributed by atoms with van der Waals surface area (Å²) in [4.78, 5) is 0. The van der Waals surface area contributed by atoms with Gasteiger partial charge in [-0.25, -0.2) is 0 Å². The summed E-state index contributed by atoms with van der Waals surface area (Å²) in [5, 5.41) is 3.09. The van der Waals surface area contributed by atoms with Crippen LogP contribution in [0.1, 0.15) is 200 Å². The van der Waals surface area contributed by atoms with Gasteiger partial charge in [-0.2, -0.15) is 0 Å². The predicted molar refractivity (Wildman–Crippen MR) is 204 cm³/mol. The summed E-state index contributed by atoms with van der Waals surface area (Å²) in [5.41, 5.74) is 26.9. The largest absolute Gasteiger partial charge is 0.330 e. The highest BCUT2D eigenvalue weighted by Gasteiger charge is 1.92. The monoisotopic (exact) mass is 631 g/mol. The van der Waals surface area contributed by atoms with E-state index in [0.29, 0.717) is 0 Å². The van der Waals surface area contributed by atoms with Crippen LogP contribution in [0.3, 0.4) is 0 Å². The lowest BCUT2D eigenvalue weighted by molar-refractivity contribution is 0.562. The summed E-state index contributed by atoms with van der Waals surface area (Å²) in [6.45, 7) is 9.94. The Morgan fingerprint density at radius 3 is 0.636 bits per heavy atom. The van der Waals surface area contributed by atoms with E-state index in [4.69, 9.17) is 28.7 Å². The van der Waals surface area contributed by atoms with Crippen LogP contribution in [0.25, 0.3) is 0 Å². The van der Waals surface area contributed by atoms with Crippen molar-refractivity contribution >= 4 is 0 Å². The summed E-state index contributed by atoms with van der Waals surface area (Å²) in [7, 11) is 1.97. The number of hydrogen-bond donors (Lipinski definition) is 6. The quantitative estimate of drug-likeness (QED) is 0.0409. The van der Waals surface area contributed by atoms with Gasteiger partial charge < -0.3 is 34.0 Å². The highest BCUT2D eigenvalue weighted by molar-refractivity contribution is 4.49. The molecule has 0 rings (SSSR count). The van der Waals surface area contributed by atoms with Gasteiger partial charge in [0.05, 0.1) is 0 Å². The van der Waals surface area contributed by atoms with E-state index in [2.05, 4.69) is 19.2 Å². The molecule has 0 radical (unpaired) electrons. The Hall–Kier alpha value is -0.240. The maximum absolute atomic E-state index is 5.41. The summed E-state index contributed by atoms with van der Waals surface area (Å²) < 4.78 is 0. The molecule has 0 saturated heterocycles. The molecule has 6 heteroatoms. The first-order valence-corrected chi connectivity index (χ1v) is 19.8. The minimum Gasteiger partial charge on any atom is -0.330 e. The van der Waals surface area contributed by atoms with Crippen LogP contribution in [0.5, 0.6) is 0 Å². The second-order valence-electron chi connectivity index (χ2n) is 12.6. The van der Waals surface area contributed by atoms with Crippen molar-refractivity contribution in [3.63, 3.8) is 0 Å². The van der Waals surface area contributed by atoms with Crippen molar-refractivity contribution in [2.24, 2.45) is 28.7 Å². The molecule has 0 spiro atoms. The van der Waals surface area contributed by atoms with Gasteiger partial charge in [-0.3, -0.25) is 0 Å². The first-order chi connectivity index (χ1) is 21.7. The molecule has 0 aromatic rings. The van der Waals surface area contributed by atoms with Crippen LogP contribution in [0.15, 0.2) is 0 Å². The molecule has 0 aliphatic carbocycles. The van der Waals surface area contributed by atoms with E-state index < -0.39 is 0 Å². The molecule has 0 aliphatic heterocycles. The smallest absolute Gasteiger partial charge is 0.00519 e. The van der Waals surface area contributed by atoms with Crippen LogP contribution in [0.4, 0.5) is 0 Å². The van der Waals surface area contributed by atoms with E-state index in [1.165, 1.54) is 186 Å². The fourth-order valence-corrected chi connectivity index (χ4v) is 4.88. The fraction of sp³-hybridized carbons (Fsp3) is 1.00. The van der Waals surface area contributed by atoms with Crippen LogP contribution >= 0.6 is 0 Å². The first-order valence-electron chi connectivity index (χ1n) is 19.8. The molecule has 0 aromatic carbocycles. The predicted octanol–water partition coefficient (Wildman–Crippen LogP) is 9.31. The lowest BCUT2D eigenvalue weighted by Gasteiger charge is -2.00. The Labute approximate surface area is 280 Å². The number of nitrogens with two attached hydrogens (primary N) is 5. The Bertz CT molecular complexity index is 364. The molecular weight excluding hydrogens is 540 g/mol. The standard InChI is InChI=1S/C12H26.C11H26N2.C9H22N2.C6H16N2/c1-3-5-7-9-11-12-10-8-6-4-2;12-10-8-6-4-2-1-3-5-7-9-11-13;10-8-6-4-2-1-3-5-7-9-11;1-8-6-4-2-3-5-7/h3-12H2,1-2H3;1-13H2;1-11H2;8H,2-7H2,1H3. The highest BCUT2D eigenvalue weighted by atomic mass is 14.8. The fourth-order valence-electron chi connectivity index (χ4n) is 4.88.